The number of esters is 1. The summed E-state index contributed by atoms with van der Waals surface area (Å²) in [5.41, 5.74) is 3.48. The van der Waals surface area contributed by atoms with E-state index in [0.29, 0.717) is 16.9 Å². The SMILES string of the molecule is COC(=O)c1ccccc1Nc1c(-c2cccc(Br)c2)nc2cnccn12. The number of fused-ring (bicyclic) bond motifs is 1. The Hall–Kier alpha value is -3.19. The van der Waals surface area contributed by atoms with Gasteiger partial charge in [-0.05, 0) is 24.3 Å². The van der Waals surface area contributed by atoms with E-state index in [9.17, 15) is 4.79 Å². The van der Waals surface area contributed by atoms with Crippen molar-refractivity contribution in [3.8, 4) is 11.3 Å². The molecule has 4 aromatic rings. The van der Waals surface area contributed by atoms with Crippen LogP contribution in [0.4, 0.5) is 11.5 Å². The third-order valence-corrected chi connectivity index (χ3v) is 4.61. The number of imidazole rings is 1. The summed E-state index contributed by atoms with van der Waals surface area (Å²) in [7, 11) is 1.37. The van der Waals surface area contributed by atoms with Gasteiger partial charge in [-0.3, -0.25) is 9.38 Å². The molecule has 27 heavy (non-hydrogen) atoms. The number of methoxy groups -OCH3 is 1. The molecule has 0 aliphatic heterocycles. The van der Waals surface area contributed by atoms with E-state index in [1.54, 1.807) is 24.5 Å². The summed E-state index contributed by atoms with van der Waals surface area (Å²) in [4.78, 5) is 21.0. The topological polar surface area (TPSA) is 68.5 Å². The third-order valence-electron chi connectivity index (χ3n) is 4.11. The van der Waals surface area contributed by atoms with Gasteiger partial charge in [0.15, 0.2) is 5.65 Å². The predicted molar refractivity (Wildman–Crippen MR) is 107 cm³/mol. The molecule has 0 bridgehead atoms. The summed E-state index contributed by atoms with van der Waals surface area (Å²) in [6.45, 7) is 0. The molecule has 0 spiro atoms. The van der Waals surface area contributed by atoms with Crippen molar-refractivity contribution in [1.82, 2.24) is 14.4 Å². The van der Waals surface area contributed by atoms with Crippen LogP contribution in [0.2, 0.25) is 0 Å². The summed E-state index contributed by atoms with van der Waals surface area (Å²) in [5.74, 6) is 0.333. The number of carbonyl (C=O) groups excluding carboxylic acids is 1. The van der Waals surface area contributed by atoms with Crippen LogP contribution in [0.1, 0.15) is 10.4 Å². The standard InChI is InChI=1S/C20H15BrN4O2/c1-27-20(26)15-7-2-3-8-16(15)23-19-18(13-5-4-6-14(21)11-13)24-17-12-22-9-10-25(17)19/h2-12,23H,1H3. The van der Waals surface area contributed by atoms with E-state index in [1.165, 1.54) is 7.11 Å². The van der Waals surface area contributed by atoms with Gasteiger partial charge in [0.2, 0.25) is 0 Å². The second-order valence-electron chi connectivity index (χ2n) is 5.79. The molecule has 0 unspecified atom stereocenters. The number of rotatable bonds is 4. The normalized spacial score (nSPS) is 10.7. The fraction of sp³-hybridized carbons (Fsp3) is 0.0500. The quantitative estimate of drug-likeness (QED) is 0.483. The van der Waals surface area contributed by atoms with Crippen LogP contribution in [0.3, 0.4) is 0 Å². The number of halogens is 1. The number of benzene rings is 2. The summed E-state index contributed by atoms with van der Waals surface area (Å²) in [6.07, 6.45) is 5.21. The largest absolute Gasteiger partial charge is 0.465 e. The number of hydrogen-bond acceptors (Lipinski definition) is 5. The molecule has 4 rings (SSSR count). The Morgan fingerprint density at radius 1 is 1.19 bits per heavy atom. The Kier molecular flexibility index (Phi) is 4.60. The average molecular weight is 423 g/mol. The van der Waals surface area contributed by atoms with Crippen molar-refractivity contribution in [3.05, 3.63) is 77.2 Å². The van der Waals surface area contributed by atoms with Crippen molar-refractivity contribution in [2.75, 3.05) is 12.4 Å². The van der Waals surface area contributed by atoms with E-state index in [-0.39, 0.29) is 0 Å². The van der Waals surface area contributed by atoms with Gasteiger partial charge in [-0.2, -0.15) is 0 Å². The molecule has 2 aromatic heterocycles. The van der Waals surface area contributed by atoms with Crippen molar-refractivity contribution >= 4 is 39.1 Å². The molecule has 134 valence electrons. The van der Waals surface area contributed by atoms with Crippen LogP contribution in [0.5, 0.6) is 0 Å². The van der Waals surface area contributed by atoms with Crippen LogP contribution < -0.4 is 5.32 Å². The summed E-state index contributed by atoms with van der Waals surface area (Å²) in [5, 5.41) is 3.35. The van der Waals surface area contributed by atoms with E-state index in [1.807, 2.05) is 47.0 Å². The second-order valence-corrected chi connectivity index (χ2v) is 6.70. The van der Waals surface area contributed by atoms with Gasteiger partial charge in [-0.1, -0.05) is 40.2 Å². The maximum atomic E-state index is 12.1. The van der Waals surface area contributed by atoms with Gasteiger partial charge in [-0.15, -0.1) is 0 Å². The highest BCUT2D eigenvalue weighted by Gasteiger charge is 2.18. The van der Waals surface area contributed by atoms with Crippen LogP contribution in [0.25, 0.3) is 16.9 Å². The molecular weight excluding hydrogens is 408 g/mol. The van der Waals surface area contributed by atoms with Gasteiger partial charge in [0, 0.05) is 22.4 Å². The van der Waals surface area contributed by atoms with Gasteiger partial charge < -0.3 is 10.1 Å². The fourth-order valence-corrected chi connectivity index (χ4v) is 3.27. The molecule has 0 aliphatic carbocycles. The van der Waals surface area contributed by atoms with Crippen molar-refractivity contribution in [3.63, 3.8) is 0 Å². The number of aromatic nitrogens is 3. The molecule has 2 aromatic carbocycles. The Balaban J connectivity index is 1.89. The van der Waals surface area contributed by atoms with Crippen molar-refractivity contribution in [2.24, 2.45) is 0 Å². The van der Waals surface area contributed by atoms with Gasteiger partial charge >= 0.3 is 5.97 Å². The number of carbonyl (C=O) groups is 1. The molecule has 0 saturated heterocycles. The first kappa shape index (κ1) is 17.2. The minimum atomic E-state index is -0.405. The molecule has 0 atom stereocenters. The van der Waals surface area contributed by atoms with Crippen LogP contribution >= 0.6 is 15.9 Å². The second kappa shape index (κ2) is 7.20. The first-order valence-electron chi connectivity index (χ1n) is 8.20. The molecule has 6 nitrogen and oxygen atoms in total. The summed E-state index contributed by atoms with van der Waals surface area (Å²) >= 11 is 3.51. The highest BCUT2D eigenvalue weighted by atomic mass is 79.9. The Bertz CT molecular complexity index is 1140. The Morgan fingerprint density at radius 2 is 2.04 bits per heavy atom. The van der Waals surface area contributed by atoms with Gasteiger partial charge in [0.25, 0.3) is 0 Å². The molecule has 0 fully saturated rings. The Morgan fingerprint density at radius 3 is 2.85 bits per heavy atom. The van der Waals surface area contributed by atoms with Gasteiger partial charge in [0.1, 0.15) is 11.5 Å². The lowest BCUT2D eigenvalue weighted by Gasteiger charge is -2.12. The molecule has 0 saturated carbocycles. The minimum Gasteiger partial charge on any atom is -0.465 e. The zero-order valence-electron chi connectivity index (χ0n) is 14.4. The first-order chi connectivity index (χ1) is 13.2. The van der Waals surface area contributed by atoms with Crippen LogP contribution in [0, 0.1) is 0 Å². The van der Waals surface area contributed by atoms with E-state index >= 15 is 0 Å². The first-order valence-corrected chi connectivity index (χ1v) is 8.99. The lowest BCUT2D eigenvalue weighted by atomic mass is 10.1. The molecule has 1 N–H and O–H groups in total. The third kappa shape index (κ3) is 3.29. The minimum absolute atomic E-state index is 0.405. The van der Waals surface area contributed by atoms with E-state index in [4.69, 9.17) is 9.72 Å². The van der Waals surface area contributed by atoms with E-state index in [2.05, 4.69) is 26.2 Å². The van der Waals surface area contributed by atoms with E-state index in [0.717, 1.165) is 21.5 Å². The van der Waals surface area contributed by atoms with E-state index < -0.39 is 5.97 Å². The molecule has 7 heteroatoms. The number of para-hydroxylation sites is 1. The zero-order valence-corrected chi connectivity index (χ0v) is 16.0. The smallest absolute Gasteiger partial charge is 0.339 e. The molecule has 2 heterocycles. The number of nitrogens with one attached hydrogen (secondary N) is 1. The molecule has 0 radical (unpaired) electrons. The molecular formula is C20H15BrN4O2. The Labute approximate surface area is 164 Å². The number of hydrogen-bond donors (Lipinski definition) is 1. The van der Waals surface area contributed by atoms with Gasteiger partial charge in [0.05, 0.1) is 24.6 Å². The fourth-order valence-electron chi connectivity index (χ4n) is 2.87. The average Bonchev–Trinajstić information content (AvgIpc) is 3.06. The lowest BCUT2D eigenvalue weighted by Crippen LogP contribution is -2.06. The van der Waals surface area contributed by atoms with Crippen LogP contribution in [-0.2, 0) is 4.74 Å². The highest BCUT2D eigenvalue weighted by molar-refractivity contribution is 9.10. The lowest BCUT2D eigenvalue weighted by molar-refractivity contribution is 0.0602. The zero-order chi connectivity index (χ0) is 18.8. The monoisotopic (exact) mass is 422 g/mol. The van der Waals surface area contributed by atoms with Crippen LogP contribution in [0.15, 0.2) is 71.6 Å². The number of nitrogens with zero attached hydrogens (tertiary/aromatic N) is 3. The number of ether oxygens (including phenoxy) is 1. The van der Waals surface area contributed by atoms with Crippen LogP contribution in [-0.4, -0.2) is 27.4 Å². The molecule has 0 aliphatic rings. The van der Waals surface area contributed by atoms with Crippen molar-refractivity contribution in [1.29, 1.82) is 0 Å². The maximum absolute atomic E-state index is 12.1. The maximum Gasteiger partial charge on any atom is 0.339 e. The summed E-state index contributed by atoms with van der Waals surface area (Å²) < 4.78 is 7.75. The van der Waals surface area contributed by atoms with Gasteiger partial charge in [-0.25, -0.2) is 9.78 Å². The predicted octanol–water partition coefficient (Wildman–Crippen LogP) is 4.69. The highest BCUT2D eigenvalue weighted by Crippen LogP contribution is 2.33. The number of anilines is 2. The summed E-state index contributed by atoms with van der Waals surface area (Å²) in [6, 6.07) is 15.1. The van der Waals surface area contributed by atoms with Crippen molar-refractivity contribution < 1.29 is 9.53 Å². The van der Waals surface area contributed by atoms with Crippen molar-refractivity contribution in [2.45, 2.75) is 0 Å². The molecule has 0 amide bonds.